The van der Waals surface area contributed by atoms with Gasteiger partial charge in [-0.25, -0.2) is 0 Å². The van der Waals surface area contributed by atoms with Crippen LogP contribution in [0.1, 0.15) is 34.7 Å². The Morgan fingerprint density at radius 2 is 1.78 bits per heavy atom. The Hall–Kier alpha value is -1.33. The van der Waals surface area contributed by atoms with Gasteiger partial charge in [-0.15, -0.1) is 0 Å². The zero-order valence-electron chi connectivity index (χ0n) is 11.3. The van der Waals surface area contributed by atoms with Crippen molar-refractivity contribution in [1.29, 1.82) is 5.41 Å². The lowest BCUT2D eigenvalue weighted by atomic mass is 9.78. The first-order valence-electron chi connectivity index (χ1n) is 6.02. The van der Waals surface area contributed by atoms with Crippen molar-refractivity contribution in [2.45, 2.75) is 38.9 Å². The van der Waals surface area contributed by atoms with Crippen molar-refractivity contribution in [3.05, 3.63) is 23.8 Å². The normalized spacial score (nSPS) is 21.0. The number of nitrogens with two attached hydrogens (primary N) is 1. The molecule has 0 aromatic heterocycles. The topological polar surface area (TPSA) is 68.3 Å². The molecule has 3 N–H and O–H groups in total. The van der Waals surface area contributed by atoms with E-state index in [2.05, 4.69) is 0 Å². The van der Waals surface area contributed by atoms with Crippen molar-refractivity contribution in [3.63, 3.8) is 0 Å². The summed E-state index contributed by atoms with van der Waals surface area (Å²) in [5, 5.41) is 7.22. The predicted octanol–water partition coefficient (Wildman–Crippen LogP) is 1.81. The van der Waals surface area contributed by atoms with Crippen LogP contribution in [0.5, 0.6) is 0 Å². The fraction of sp³-hybridized carbons (Fsp3) is 0.462. The fourth-order valence-corrected chi connectivity index (χ4v) is 1.85. The molecule has 1 aliphatic heterocycles. The van der Waals surface area contributed by atoms with Gasteiger partial charge in [0.1, 0.15) is 0 Å². The molecule has 1 fully saturated rings. The van der Waals surface area contributed by atoms with Crippen molar-refractivity contribution < 1.29 is 10.7 Å². The zero-order valence-corrected chi connectivity index (χ0v) is 11.3. The highest BCUT2D eigenvalue weighted by Crippen LogP contribution is 2.36. The molecule has 18 heavy (non-hydrogen) atoms. The number of hydrogen-bond acceptors (Lipinski definition) is 4. The average Bonchev–Trinajstić information content (AvgIpc) is 2.48. The van der Waals surface area contributed by atoms with Gasteiger partial charge in [-0.2, -0.15) is 0 Å². The van der Waals surface area contributed by atoms with E-state index < -0.39 is 7.12 Å². The summed E-state index contributed by atoms with van der Waals surface area (Å²) in [4.78, 5) is 0. The van der Waals surface area contributed by atoms with Gasteiger partial charge in [0.2, 0.25) is 0 Å². The Kier molecular flexibility index (Phi) is 2.99. The smallest absolute Gasteiger partial charge is 0.399 e. The Balaban J connectivity index is 0.00000180. The van der Waals surface area contributed by atoms with E-state index in [9.17, 15) is 0 Å². The Morgan fingerprint density at radius 1 is 1.22 bits per heavy atom. The van der Waals surface area contributed by atoms with Crippen molar-refractivity contribution in [3.8, 4) is 0 Å². The predicted molar refractivity (Wildman–Crippen MR) is 76.6 cm³/mol. The molecule has 0 radical (unpaired) electrons. The summed E-state index contributed by atoms with van der Waals surface area (Å²) in [6.07, 6.45) is 1.24. The maximum atomic E-state index is 7.22. The second-order valence-electron chi connectivity index (χ2n) is 5.62. The van der Waals surface area contributed by atoms with Gasteiger partial charge in [0.25, 0.3) is 0 Å². The van der Waals surface area contributed by atoms with Crippen molar-refractivity contribution in [2.75, 3.05) is 5.73 Å². The van der Waals surface area contributed by atoms with Crippen molar-refractivity contribution >= 4 is 24.5 Å². The first-order valence-corrected chi connectivity index (χ1v) is 6.02. The third kappa shape index (κ3) is 2.04. The van der Waals surface area contributed by atoms with E-state index in [-0.39, 0.29) is 12.6 Å². The van der Waals surface area contributed by atoms with E-state index in [1.54, 1.807) is 0 Å². The van der Waals surface area contributed by atoms with Crippen LogP contribution in [-0.2, 0) is 9.31 Å². The third-order valence-electron chi connectivity index (χ3n) is 3.79. The number of nitrogens with one attached hydrogen (secondary N) is 1. The minimum Gasteiger partial charge on any atom is -0.399 e. The summed E-state index contributed by atoms with van der Waals surface area (Å²) < 4.78 is 11.9. The van der Waals surface area contributed by atoms with Crippen molar-refractivity contribution in [1.82, 2.24) is 0 Å². The molecule has 0 bridgehead atoms. The lowest BCUT2D eigenvalue weighted by Crippen LogP contribution is -2.41. The summed E-state index contributed by atoms with van der Waals surface area (Å²) in [6.45, 7) is 8.06. The number of hydrogen-bond donors (Lipinski definition) is 2. The second kappa shape index (κ2) is 4.11. The first kappa shape index (κ1) is 13.1. The summed E-state index contributed by atoms with van der Waals surface area (Å²) in [5.41, 5.74) is 7.32. The standard InChI is InChI=1S/C13H19BN2O2.H2/c1-12(2)13(3,4)18-14(17-12)10-6-5-9(8-15)11(16)7-10;/h5-8,15H,16H2,1-4H3;1H. The van der Waals surface area contributed by atoms with E-state index in [1.807, 2.05) is 45.9 Å². The summed E-state index contributed by atoms with van der Waals surface area (Å²) in [7, 11) is -0.405. The van der Waals surface area contributed by atoms with E-state index in [4.69, 9.17) is 20.5 Å². The van der Waals surface area contributed by atoms with Crippen LogP contribution in [0.25, 0.3) is 0 Å². The number of benzene rings is 1. The van der Waals surface area contributed by atoms with Gasteiger partial charge >= 0.3 is 7.12 Å². The quantitative estimate of drug-likeness (QED) is 0.476. The van der Waals surface area contributed by atoms with Crippen LogP contribution in [-0.4, -0.2) is 24.5 Å². The molecule has 1 saturated heterocycles. The molecule has 0 saturated carbocycles. The molecule has 0 unspecified atom stereocenters. The molecule has 1 aromatic carbocycles. The maximum absolute atomic E-state index is 7.22. The van der Waals surface area contributed by atoms with Gasteiger partial charge in [0.15, 0.2) is 0 Å². The monoisotopic (exact) mass is 248 g/mol. The molecule has 1 heterocycles. The summed E-state index contributed by atoms with van der Waals surface area (Å²) in [6, 6.07) is 5.50. The van der Waals surface area contributed by atoms with Crippen molar-refractivity contribution in [2.24, 2.45) is 0 Å². The highest BCUT2D eigenvalue weighted by Gasteiger charge is 2.51. The van der Waals surface area contributed by atoms with Gasteiger partial charge in [-0.05, 0) is 39.2 Å². The van der Waals surface area contributed by atoms with Crippen LogP contribution < -0.4 is 11.2 Å². The van der Waals surface area contributed by atoms with E-state index in [0.717, 1.165) is 5.46 Å². The molecule has 4 nitrogen and oxygen atoms in total. The molecule has 0 amide bonds. The fourth-order valence-electron chi connectivity index (χ4n) is 1.85. The number of nitrogen functional groups attached to an aromatic ring is 1. The number of rotatable bonds is 2. The van der Waals surface area contributed by atoms with E-state index in [0.29, 0.717) is 11.3 Å². The second-order valence-corrected chi connectivity index (χ2v) is 5.62. The Labute approximate surface area is 110 Å². The van der Waals surface area contributed by atoms with Crippen LogP contribution in [0.15, 0.2) is 18.2 Å². The molecule has 98 valence electrons. The average molecular weight is 248 g/mol. The largest absolute Gasteiger partial charge is 0.494 e. The molecule has 2 rings (SSSR count). The SMILES string of the molecule is CC1(C)OB(c2ccc(C=N)c(N)c2)OC1(C)C.[HH]. The van der Waals surface area contributed by atoms with Crippen LogP contribution in [0.4, 0.5) is 5.69 Å². The third-order valence-corrected chi connectivity index (χ3v) is 3.79. The minimum absolute atomic E-state index is 0. The zero-order chi connectivity index (χ0) is 13.6. The van der Waals surface area contributed by atoms with Gasteiger partial charge in [0, 0.05) is 18.9 Å². The first-order chi connectivity index (χ1) is 8.27. The van der Waals surface area contributed by atoms with Gasteiger partial charge in [-0.1, -0.05) is 12.1 Å². The Bertz CT molecular complexity index is 476. The molecule has 0 atom stereocenters. The minimum atomic E-state index is -0.405. The van der Waals surface area contributed by atoms with Crippen LogP contribution >= 0.6 is 0 Å². The van der Waals surface area contributed by atoms with Gasteiger partial charge in [0.05, 0.1) is 11.2 Å². The lowest BCUT2D eigenvalue weighted by Gasteiger charge is -2.32. The van der Waals surface area contributed by atoms with E-state index in [1.165, 1.54) is 6.21 Å². The molecular formula is C13H21BN2O2. The molecule has 0 spiro atoms. The Morgan fingerprint density at radius 3 is 2.22 bits per heavy atom. The van der Waals surface area contributed by atoms with Crippen LogP contribution in [0.2, 0.25) is 0 Å². The highest BCUT2D eigenvalue weighted by atomic mass is 16.7. The maximum Gasteiger partial charge on any atom is 0.494 e. The highest BCUT2D eigenvalue weighted by molar-refractivity contribution is 6.62. The molecular weight excluding hydrogens is 227 g/mol. The molecule has 1 aromatic rings. The summed E-state index contributed by atoms with van der Waals surface area (Å²) in [5.74, 6) is 0. The van der Waals surface area contributed by atoms with Crippen LogP contribution in [0.3, 0.4) is 0 Å². The number of anilines is 1. The van der Waals surface area contributed by atoms with E-state index >= 15 is 0 Å². The lowest BCUT2D eigenvalue weighted by molar-refractivity contribution is 0.00578. The molecule has 0 aliphatic carbocycles. The van der Waals surface area contributed by atoms with Gasteiger partial charge in [-0.3, -0.25) is 0 Å². The molecule has 1 aliphatic rings. The van der Waals surface area contributed by atoms with Crippen LogP contribution in [0, 0.1) is 5.41 Å². The van der Waals surface area contributed by atoms with Gasteiger partial charge < -0.3 is 20.5 Å². The summed E-state index contributed by atoms with van der Waals surface area (Å²) >= 11 is 0. The molecule has 5 heteroatoms.